The third-order valence-corrected chi connectivity index (χ3v) is 2.83. The van der Waals surface area contributed by atoms with Gasteiger partial charge in [-0.05, 0) is 12.1 Å². The number of hydrogen-bond donors (Lipinski definition) is 1. The molecule has 0 radical (unpaired) electrons. The van der Waals surface area contributed by atoms with Crippen LogP contribution in [0.4, 0.5) is 0 Å². The molecule has 0 saturated carbocycles. The van der Waals surface area contributed by atoms with Crippen molar-refractivity contribution in [3.05, 3.63) is 30.3 Å². The van der Waals surface area contributed by atoms with E-state index in [4.69, 9.17) is 9.63 Å². The van der Waals surface area contributed by atoms with Crippen LogP contribution >= 0.6 is 8.03 Å². The van der Waals surface area contributed by atoms with Crippen LogP contribution < -0.4 is 5.30 Å². The first-order valence-electron chi connectivity index (χ1n) is 4.14. The number of carboxylic acid groups (broad SMARTS) is 1. The molecular formula is C9H14AlO4P. The summed E-state index contributed by atoms with van der Waals surface area (Å²) in [4.78, 5) is 10.1. The molecule has 0 aliphatic heterocycles. The average molecular weight is 244 g/mol. The van der Waals surface area contributed by atoms with Crippen molar-refractivity contribution in [3.8, 4) is 0 Å². The zero-order valence-corrected chi connectivity index (χ0v) is 8.47. The number of hydrogen-bond acceptors (Lipinski definition) is 3. The Morgan fingerprint density at radius 1 is 1.33 bits per heavy atom. The van der Waals surface area contributed by atoms with E-state index < -0.39 is 14.0 Å². The molecule has 0 aliphatic rings. The molecule has 4 nitrogen and oxygen atoms in total. The summed E-state index contributed by atoms with van der Waals surface area (Å²) < 4.78 is 16.3. The minimum absolute atomic E-state index is 0. The molecule has 0 amide bonds. The Hall–Kier alpha value is -0.588. The minimum Gasteiger partial charge on any atom is -0.481 e. The number of rotatable bonds is 5. The van der Waals surface area contributed by atoms with Gasteiger partial charge in [-0.25, -0.2) is 0 Å². The van der Waals surface area contributed by atoms with Crippen molar-refractivity contribution >= 4 is 36.7 Å². The van der Waals surface area contributed by atoms with Gasteiger partial charge in [0.05, 0.1) is 13.0 Å². The van der Waals surface area contributed by atoms with E-state index in [1.165, 1.54) is 0 Å². The molecule has 0 spiro atoms. The average Bonchev–Trinajstić information content (AvgIpc) is 2.18. The molecule has 0 aliphatic carbocycles. The Bertz CT molecular complexity index is 328. The summed E-state index contributed by atoms with van der Waals surface area (Å²) in [7, 11) is -2.28. The fourth-order valence-corrected chi connectivity index (χ4v) is 1.81. The summed E-state index contributed by atoms with van der Waals surface area (Å²) in [5.74, 6) is -0.951. The second kappa shape index (κ2) is 7.67. The first kappa shape index (κ1) is 14.4. The fraction of sp³-hybridized carbons (Fsp3) is 0.222. The Labute approximate surface area is 99.3 Å². The monoisotopic (exact) mass is 244 g/mol. The molecule has 1 atom stereocenters. The molecule has 6 heteroatoms. The van der Waals surface area contributed by atoms with Gasteiger partial charge in [0.25, 0.3) is 0 Å². The molecule has 0 fully saturated rings. The smallest absolute Gasteiger partial charge is 0.305 e. The van der Waals surface area contributed by atoms with Gasteiger partial charge in [-0.3, -0.25) is 9.36 Å². The summed E-state index contributed by atoms with van der Waals surface area (Å²) in [6.07, 6.45) is -0.122. The van der Waals surface area contributed by atoms with Crippen molar-refractivity contribution in [3.63, 3.8) is 0 Å². The lowest BCUT2D eigenvalue weighted by atomic mass is 10.4. The van der Waals surface area contributed by atoms with E-state index in [-0.39, 0.29) is 30.4 Å². The van der Waals surface area contributed by atoms with Crippen LogP contribution in [0.2, 0.25) is 0 Å². The van der Waals surface area contributed by atoms with Crippen molar-refractivity contribution in [1.82, 2.24) is 0 Å². The molecule has 1 aromatic carbocycles. The lowest BCUT2D eigenvalue weighted by molar-refractivity contribution is -0.137. The number of aliphatic carboxylic acids is 1. The Morgan fingerprint density at radius 3 is 2.47 bits per heavy atom. The van der Waals surface area contributed by atoms with Crippen molar-refractivity contribution in [2.75, 3.05) is 6.61 Å². The van der Waals surface area contributed by atoms with Gasteiger partial charge in [0, 0.05) is 5.30 Å². The highest BCUT2D eigenvalue weighted by molar-refractivity contribution is 7.48. The molecule has 1 unspecified atom stereocenters. The highest BCUT2D eigenvalue weighted by Gasteiger charge is 2.03. The number of carboxylic acids is 1. The maximum Gasteiger partial charge on any atom is 0.305 e. The minimum atomic E-state index is -2.28. The molecule has 0 saturated heterocycles. The Kier molecular flexibility index (Phi) is 7.37. The summed E-state index contributed by atoms with van der Waals surface area (Å²) >= 11 is 0. The molecule has 0 aromatic heterocycles. The molecule has 0 bridgehead atoms. The molecule has 0 heterocycles. The van der Waals surface area contributed by atoms with Crippen molar-refractivity contribution < 1.29 is 19.0 Å². The van der Waals surface area contributed by atoms with Gasteiger partial charge in [-0.1, -0.05) is 18.2 Å². The highest BCUT2D eigenvalue weighted by atomic mass is 31.1. The van der Waals surface area contributed by atoms with Crippen molar-refractivity contribution in [2.24, 2.45) is 0 Å². The van der Waals surface area contributed by atoms with E-state index in [9.17, 15) is 9.36 Å². The number of benzene rings is 1. The summed E-state index contributed by atoms with van der Waals surface area (Å²) in [6.45, 7) is -0.0119. The third kappa shape index (κ3) is 5.76. The quantitative estimate of drug-likeness (QED) is 0.589. The van der Waals surface area contributed by atoms with E-state index in [1.54, 1.807) is 24.3 Å². The zero-order chi connectivity index (χ0) is 10.4. The largest absolute Gasteiger partial charge is 0.481 e. The topological polar surface area (TPSA) is 63.6 Å². The normalized spacial score (nSPS) is 11.5. The van der Waals surface area contributed by atoms with Gasteiger partial charge in [0.15, 0.2) is 17.4 Å². The predicted octanol–water partition coefficient (Wildman–Crippen LogP) is 0.0940. The van der Waals surface area contributed by atoms with E-state index in [0.717, 1.165) is 0 Å². The predicted molar refractivity (Wildman–Crippen MR) is 63.2 cm³/mol. The molecular weight excluding hydrogens is 230 g/mol. The second-order valence-corrected chi connectivity index (χ2v) is 4.09. The van der Waals surface area contributed by atoms with Crippen LogP contribution in [0.15, 0.2) is 30.3 Å². The Balaban J connectivity index is 0.00000196. The van der Waals surface area contributed by atoms with Crippen molar-refractivity contribution in [2.45, 2.75) is 6.42 Å². The molecule has 1 N–H and O–H groups in total. The van der Waals surface area contributed by atoms with E-state index >= 15 is 0 Å². The summed E-state index contributed by atoms with van der Waals surface area (Å²) in [5.41, 5.74) is 0. The second-order valence-electron chi connectivity index (χ2n) is 2.65. The summed E-state index contributed by atoms with van der Waals surface area (Å²) in [5, 5.41) is 8.94. The van der Waals surface area contributed by atoms with Crippen LogP contribution in [0.5, 0.6) is 0 Å². The first-order valence-corrected chi connectivity index (χ1v) is 5.46. The summed E-state index contributed by atoms with van der Waals surface area (Å²) in [6, 6.07) is 8.73. The van der Waals surface area contributed by atoms with Gasteiger partial charge in [-0.15, -0.1) is 0 Å². The van der Waals surface area contributed by atoms with E-state index in [0.29, 0.717) is 5.30 Å². The number of carbonyl (C=O) groups is 1. The van der Waals surface area contributed by atoms with Crippen LogP contribution in [0.3, 0.4) is 0 Å². The van der Waals surface area contributed by atoms with Gasteiger partial charge in [0.1, 0.15) is 0 Å². The van der Waals surface area contributed by atoms with Crippen LogP contribution in [-0.4, -0.2) is 35.0 Å². The first-order chi connectivity index (χ1) is 6.70. The third-order valence-electron chi connectivity index (χ3n) is 1.56. The van der Waals surface area contributed by atoms with Crippen LogP contribution in [-0.2, 0) is 13.9 Å². The van der Waals surface area contributed by atoms with Gasteiger partial charge in [0.2, 0.25) is 8.03 Å². The lowest BCUT2D eigenvalue weighted by Crippen LogP contribution is -2.02. The van der Waals surface area contributed by atoms with E-state index in [2.05, 4.69) is 0 Å². The fourth-order valence-electron chi connectivity index (χ4n) is 0.889. The molecule has 82 valence electrons. The zero-order valence-electron chi connectivity index (χ0n) is 7.47. The van der Waals surface area contributed by atoms with Gasteiger partial charge in [-0.2, -0.15) is 0 Å². The van der Waals surface area contributed by atoms with E-state index in [1.807, 2.05) is 6.07 Å². The molecule has 1 aromatic rings. The standard InChI is InChI=1S/C9H11O4P.Al.3H/c10-9(11)6-7-13-14(12)8-4-2-1-3-5-8;;;;/h1-5,14H,6-7H2,(H,10,11);;;;. The van der Waals surface area contributed by atoms with Crippen molar-refractivity contribution in [1.29, 1.82) is 0 Å². The molecule has 15 heavy (non-hydrogen) atoms. The SMILES string of the molecule is O=C(O)CCO[PH](=O)c1ccccc1.[AlH3]. The Morgan fingerprint density at radius 2 is 1.93 bits per heavy atom. The van der Waals surface area contributed by atoms with Crippen LogP contribution in [0.1, 0.15) is 6.42 Å². The van der Waals surface area contributed by atoms with Crippen LogP contribution in [0.25, 0.3) is 0 Å². The van der Waals surface area contributed by atoms with Crippen LogP contribution in [0, 0.1) is 0 Å². The van der Waals surface area contributed by atoms with Gasteiger partial charge >= 0.3 is 5.97 Å². The highest BCUT2D eigenvalue weighted by Crippen LogP contribution is 2.20. The lowest BCUT2D eigenvalue weighted by Gasteiger charge is -2.01. The maximum absolute atomic E-state index is 11.4. The maximum atomic E-state index is 11.4. The van der Waals surface area contributed by atoms with Gasteiger partial charge < -0.3 is 9.63 Å². The molecule has 1 rings (SSSR count).